The third-order valence-electron chi connectivity index (χ3n) is 3.25. The Labute approximate surface area is 133 Å². The van der Waals surface area contributed by atoms with Gasteiger partial charge in [0, 0.05) is 24.0 Å². The number of nitrogens with zero attached hydrogens (tertiary/aromatic N) is 1. The van der Waals surface area contributed by atoms with Crippen molar-refractivity contribution >= 4 is 27.1 Å². The van der Waals surface area contributed by atoms with Crippen LogP contribution in [0.2, 0.25) is 0 Å². The lowest BCUT2D eigenvalue weighted by Crippen LogP contribution is -2.31. The maximum atomic E-state index is 12.5. The predicted molar refractivity (Wildman–Crippen MR) is 85.5 cm³/mol. The third kappa shape index (κ3) is 3.61. The van der Waals surface area contributed by atoms with E-state index in [-0.39, 0.29) is 17.2 Å². The molecule has 1 aromatic carbocycles. The van der Waals surface area contributed by atoms with Crippen molar-refractivity contribution in [3.05, 3.63) is 52.2 Å². The van der Waals surface area contributed by atoms with E-state index in [0.717, 1.165) is 4.31 Å². The smallest absolute Gasteiger partial charge is 0.242 e. The normalized spacial score (nSPS) is 13.3. The van der Waals surface area contributed by atoms with E-state index in [4.69, 9.17) is 0 Å². The average Bonchev–Trinajstić information content (AvgIpc) is 3.01. The summed E-state index contributed by atoms with van der Waals surface area (Å²) in [6.45, 7) is 1.34. The molecule has 0 fully saturated rings. The first-order valence-electron chi connectivity index (χ1n) is 6.61. The molecule has 0 radical (unpaired) electrons. The minimum absolute atomic E-state index is 0.0427. The second kappa shape index (κ2) is 6.70. The molecule has 0 aliphatic heterocycles. The molecule has 1 aromatic heterocycles. The summed E-state index contributed by atoms with van der Waals surface area (Å²) in [6.07, 6.45) is -0.879. The molecule has 0 aliphatic carbocycles. The molecular weight excluding hydrogens is 322 g/mol. The topological polar surface area (TPSA) is 74.7 Å². The predicted octanol–water partition coefficient (Wildman–Crippen LogP) is 2.30. The van der Waals surface area contributed by atoms with Gasteiger partial charge in [-0.25, -0.2) is 8.42 Å². The molecule has 0 aliphatic rings. The highest BCUT2D eigenvalue weighted by molar-refractivity contribution is 7.89. The Morgan fingerprint density at radius 3 is 2.64 bits per heavy atom. The Balaban J connectivity index is 2.22. The Bertz CT molecular complexity index is 754. The zero-order valence-electron chi connectivity index (χ0n) is 12.3. The van der Waals surface area contributed by atoms with Crippen LogP contribution in [0.15, 0.2) is 46.7 Å². The Morgan fingerprint density at radius 2 is 2.05 bits per heavy atom. The number of likely N-dealkylation sites (N-methyl/N-ethyl adjacent to an activating group) is 1. The summed E-state index contributed by atoms with van der Waals surface area (Å²) in [4.78, 5) is 12.1. The number of carbonyl (C=O) groups is 1. The van der Waals surface area contributed by atoms with Crippen LogP contribution in [0.5, 0.6) is 0 Å². The summed E-state index contributed by atoms with van der Waals surface area (Å²) in [5.74, 6) is -0.196. The van der Waals surface area contributed by atoms with E-state index >= 15 is 0 Å². The van der Waals surface area contributed by atoms with Gasteiger partial charge in [0.25, 0.3) is 0 Å². The zero-order chi connectivity index (χ0) is 16.3. The van der Waals surface area contributed by atoms with Crippen molar-refractivity contribution in [1.29, 1.82) is 0 Å². The highest BCUT2D eigenvalue weighted by Crippen LogP contribution is 2.23. The number of hydrogen-bond acceptors (Lipinski definition) is 5. The summed E-state index contributed by atoms with van der Waals surface area (Å²) in [6, 6.07) is 9.46. The maximum absolute atomic E-state index is 12.5. The van der Waals surface area contributed by atoms with Crippen LogP contribution in [-0.2, 0) is 10.0 Å². The summed E-state index contributed by atoms with van der Waals surface area (Å²) >= 11 is 1.37. The second-order valence-electron chi connectivity index (χ2n) is 4.90. The van der Waals surface area contributed by atoms with Crippen molar-refractivity contribution in [2.45, 2.75) is 17.9 Å². The average molecular weight is 339 g/mol. The molecule has 7 heteroatoms. The number of rotatable bonds is 6. The SMILES string of the molecule is CC(=O)c1cccc(S(=O)(=O)N(C)CC(O)c2cccs2)c1. The molecule has 118 valence electrons. The number of Topliss-reactive ketones (excluding diaryl/α,β-unsaturated/α-hetero) is 1. The molecule has 1 unspecified atom stereocenters. The van der Waals surface area contributed by atoms with Crippen molar-refractivity contribution in [3.63, 3.8) is 0 Å². The van der Waals surface area contributed by atoms with Gasteiger partial charge in [0.2, 0.25) is 10.0 Å². The number of sulfonamides is 1. The number of aliphatic hydroxyl groups excluding tert-OH is 1. The molecule has 0 saturated heterocycles. The first-order chi connectivity index (χ1) is 10.3. The van der Waals surface area contributed by atoms with Gasteiger partial charge >= 0.3 is 0 Å². The lowest BCUT2D eigenvalue weighted by Gasteiger charge is -2.20. The first-order valence-corrected chi connectivity index (χ1v) is 8.93. The molecule has 0 saturated carbocycles. The molecule has 2 aromatic rings. The molecule has 0 bridgehead atoms. The molecule has 0 spiro atoms. The third-order valence-corrected chi connectivity index (χ3v) is 6.04. The number of benzene rings is 1. The minimum Gasteiger partial charge on any atom is -0.386 e. The first kappa shape index (κ1) is 16.8. The van der Waals surface area contributed by atoms with Crippen LogP contribution in [0.1, 0.15) is 28.3 Å². The fraction of sp³-hybridized carbons (Fsp3) is 0.267. The fourth-order valence-corrected chi connectivity index (χ4v) is 3.89. The molecule has 1 atom stereocenters. The summed E-state index contributed by atoms with van der Waals surface area (Å²) < 4.78 is 26.1. The summed E-state index contributed by atoms with van der Waals surface area (Å²) in [5, 5.41) is 11.9. The summed E-state index contributed by atoms with van der Waals surface area (Å²) in [5.41, 5.74) is 0.341. The monoisotopic (exact) mass is 339 g/mol. The van der Waals surface area contributed by atoms with Crippen molar-refractivity contribution < 1.29 is 18.3 Å². The van der Waals surface area contributed by atoms with Gasteiger partial charge < -0.3 is 5.11 Å². The molecular formula is C15H17NO4S2. The minimum atomic E-state index is -3.76. The van der Waals surface area contributed by atoms with Gasteiger partial charge in [-0.1, -0.05) is 18.2 Å². The number of ketones is 1. The van der Waals surface area contributed by atoms with Crippen LogP contribution < -0.4 is 0 Å². The van der Waals surface area contributed by atoms with Crippen molar-refractivity contribution in [2.75, 3.05) is 13.6 Å². The van der Waals surface area contributed by atoms with Gasteiger partial charge in [0.1, 0.15) is 6.10 Å². The summed E-state index contributed by atoms with van der Waals surface area (Å²) in [7, 11) is -2.35. The van der Waals surface area contributed by atoms with E-state index in [1.54, 1.807) is 18.2 Å². The maximum Gasteiger partial charge on any atom is 0.242 e. The number of hydrogen-bond donors (Lipinski definition) is 1. The quantitative estimate of drug-likeness (QED) is 0.820. The van der Waals surface area contributed by atoms with Crippen LogP contribution in [0.3, 0.4) is 0 Å². The van der Waals surface area contributed by atoms with Crippen molar-refractivity contribution in [1.82, 2.24) is 4.31 Å². The standard InChI is InChI=1S/C15H17NO4S2/c1-11(17)12-5-3-6-13(9-12)22(19,20)16(2)10-14(18)15-7-4-8-21-15/h3-9,14,18H,10H2,1-2H3. The molecule has 1 heterocycles. The van der Waals surface area contributed by atoms with Gasteiger partial charge in [-0.3, -0.25) is 4.79 Å². The number of aliphatic hydroxyl groups is 1. The van der Waals surface area contributed by atoms with E-state index in [1.807, 2.05) is 5.38 Å². The number of thiophene rings is 1. The van der Waals surface area contributed by atoms with Crippen molar-refractivity contribution in [3.8, 4) is 0 Å². The molecule has 5 nitrogen and oxygen atoms in total. The second-order valence-corrected chi connectivity index (χ2v) is 7.92. The van der Waals surface area contributed by atoms with Gasteiger partial charge in [-0.2, -0.15) is 4.31 Å². The van der Waals surface area contributed by atoms with Crippen LogP contribution in [0.25, 0.3) is 0 Å². The highest BCUT2D eigenvalue weighted by atomic mass is 32.2. The van der Waals surface area contributed by atoms with Gasteiger partial charge in [-0.05, 0) is 30.5 Å². The van der Waals surface area contributed by atoms with Crippen molar-refractivity contribution in [2.24, 2.45) is 0 Å². The highest BCUT2D eigenvalue weighted by Gasteiger charge is 2.24. The molecule has 0 amide bonds. The molecule has 2 rings (SSSR count). The van der Waals surface area contributed by atoms with Gasteiger partial charge in [0.15, 0.2) is 5.78 Å². The lowest BCUT2D eigenvalue weighted by atomic mass is 10.2. The van der Waals surface area contributed by atoms with Gasteiger partial charge in [-0.15, -0.1) is 11.3 Å². The van der Waals surface area contributed by atoms with E-state index < -0.39 is 16.1 Å². The molecule has 1 N–H and O–H groups in total. The van der Waals surface area contributed by atoms with Gasteiger partial charge in [0.05, 0.1) is 4.90 Å². The van der Waals surface area contributed by atoms with Crippen LogP contribution in [0.4, 0.5) is 0 Å². The lowest BCUT2D eigenvalue weighted by molar-refractivity contribution is 0.101. The number of carbonyl (C=O) groups excluding carboxylic acids is 1. The Kier molecular flexibility index (Phi) is 5.12. The van der Waals surface area contributed by atoms with E-state index in [2.05, 4.69) is 0 Å². The fourth-order valence-electron chi connectivity index (χ4n) is 1.97. The van der Waals surface area contributed by atoms with Crippen LogP contribution in [-0.4, -0.2) is 37.2 Å². The molecule has 22 heavy (non-hydrogen) atoms. The van der Waals surface area contributed by atoms with E-state index in [1.165, 1.54) is 43.5 Å². The zero-order valence-corrected chi connectivity index (χ0v) is 13.9. The van der Waals surface area contributed by atoms with E-state index in [0.29, 0.717) is 10.4 Å². The Morgan fingerprint density at radius 1 is 1.32 bits per heavy atom. The largest absolute Gasteiger partial charge is 0.386 e. The van der Waals surface area contributed by atoms with Crippen LogP contribution >= 0.6 is 11.3 Å². The van der Waals surface area contributed by atoms with E-state index in [9.17, 15) is 18.3 Å². The Hall–Kier alpha value is -1.54. The van der Waals surface area contributed by atoms with Crippen LogP contribution in [0, 0.1) is 0 Å².